The van der Waals surface area contributed by atoms with Gasteiger partial charge in [0.05, 0.1) is 5.60 Å². The SMILES string of the molecule is COC1(C)CCN(CCS)CC1. The summed E-state index contributed by atoms with van der Waals surface area (Å²) in [6.45, 7) is 5.63. The second-order valence-corrected chi connectivity index (χ2v) is 4.17. The Morgan fingerprint density at radius 2 is 2.00 bits per heavy atom. The van der Waals surface area contributed by atoms with E-state index in [2.05, 4.69) is 24.5 Å². The molecule has 1 aliphatic rings. The highest BCUT2D eigenvalue weighted by Crippen LogP contribution is 2.24. The van der Waals surface area contributed by atoms with Crippen LogP contribution in [0.25, 0.3) is 0 Å². The van der Waals surface area contributed by atoms with E-state index in [1.807, 2.05) is 7.11 Å². The smallest absolute Gasteiger partial charge is 0.0675 e. The van der Waals surface area contributed by atoms with Crippen LogP contribution in [-0.2, 0) is 4.74 Å². The molecule has 0 radical (unpaired) electrons. The molecule has 0 aliphatic carbocycles. The normalized spacial score (nSPS) is 24.2. The number of thiol groups is 1. The van der Waals surface area contributed by atoms with Crippen LogP contribution in [0.2, 0.25) is 0 Å². The maximum atomic E-state index is 5.46. The van der Waals surface area contributed by atoms with E-state index in [0.29, 0.717) is 0 Å². The number of likely N-dealkylation sites (tertiary alicyclic amines) is 1. The average Bonchev–Trinajstić information content (AvgIpc) is 2.10. The van der Waals surface area contributed by atoms with Gasteiger partial charge in [-0.05, 0) is 19.8 Å². The van der Waals surface area contributed by atoms with Crippen LogP contribution in [0.4, 0.5) is 0 Å². The molecule has 3 heteroatoms. The molecule has 0 aromatic carbocycles. The van der Waals surface area contributed by atoms with Crippen molar-refractivity contribution >= 4 is 12.6 Å². The summed E-state index contributed by atoms with van der Waals surface area (Å²) in [6.07, 6.45) is 2.30. The molecular formula is C9H19NOS. The van der Waals surface area contributed by atoms with E-state index in [4.69, 9.17) is 4.74 Å². The molecule has 1 saturated heterocycles. The molecule has 1 aliphatic heterocycles. The molecule has 0 amide bonds. The maximum absolute atomic E-state index is 5.46. The lowest BCUT2D eigenvalue weighted by atomic mass is 9.93. The third-order valence-corrected chi connectivity index (χ3v) is 3.02. The fraction of sp³-hybridized carbons (Fsp3) is 1.00. The summed E-state index contributed by atoms with van der Waals surface area (Å²) >= 11 is 4.22. The minimum absolute atomic E-state index is 0.132. The monoisotopic (exact) mass is 189 g/mol. The fourth-order valence-corrected chi connectivity index (χ4v) is 1.88. The first-order chi connectivity index (χ1) is 5.70. The van der Waals surface area contributed by atoms with Gasteiger partial charge in [-0.3, -0.25) is 0 Å². The summed E-state index contributed by atoms with van der Waals surface area (Å²) < 4.78 is 5.46. The van der Waals surface area contributed by atoms with Gasteiger partial charge in [0.25, 0.3) is 0 Å². The molecule has 0 N–H and O–H groups in total. The number of piperidine rings is 1. The van der Waals surface area contributed by atoms with Gasteiger partial charge in [-0.2, -0.15) is 12.6 Å². The molecule has 0 spiro atoms. The minimum atomic E-state index is 0.132. The number of hydrogen-bond donors (Lipinski definition) is 1. The molecule has 1 fully saturated rings. The molecule has 0 atom stereocenters. The van der Waals surface area contributed by atoms with E-state index in [-0.39, 0.29) is 5.60 Å². The second-order valence-electron chi connectivity index (χ2n) is 3.72. The van der Waals surface area contributed by atoms with Gasteiger partial charge in [0, 0.05) is 32.5 Å². The number of hydrogen-bond acceptors (Lipinski definition) is 3. The Kier molecular flexibility index (Phi) is 3.87. The lowest BCUT2D eigenvalue weighted by Gasteiger charge is -2.38. The number of methoxy groups -OCH3 is 1. The van der Waals surface area contributed by atoms with Gasteiger partial charge in [0.15, 0.2) is 0 Å². The molecule has 72 valence electrons. The second kappa shape index (κ2) is 4.49. The third-order valence-electron chi connectivity index (χ3n) is 2.82. The molecule has 0 aromatic heterocycles. The van der Waals surface area contributed by atoms with Crippen molar-refractivity contribution in [1.82, 2.24) is 4.90 Å². The van der Waals surface area contributed by atoms with Crippen LogP contribution < -0.4 is 0 Å². The van der Waals surface area contributed by atoms with Crippen LogP contribution in [0, 0.1) is 0 Å². The van der Waals surface area contributed by atoms with Gasteiger partial charge in [-0.15, -0.1) is 0 Å². The Bertz CT molecular complexity index is 132. The zero-order valence-electron chi connectivity index (χ0n) is 8.05. The van der Waals surface area contributed by atoms with Crippen molar-refractivity contribution in [3.63, 3.8) is 0 Å². The number of ether oxygens (including phenoxy) is 1. The van der Waals surface area contributed by atoms with Crippen LogP contribution in [0.3, 0.4) is 0 Å². The molecule has 0 unspecified atom stereocenters. The predicted molar refractivity (Wildman–Crippen MR) is 54.9 cm³/mol. The lowest BCUT2D eigenvalue weighted by Crippen LogP contribution is -2.44. The van der Waals surface area contributed by atoms with Crippen LogP contribution in [-0.4, -0.2) is 43.0 Å². The van der Waals surface area contributed by atoms with Gasteiger partial charge in [0.1, 0.15) is 0 Å². The first-order valence-electron chi connectivity index (χ1n) is 4.58. The highest BCUT2D eigenvalue weighted by atomic mass is 32.1. The largest absolute Gasteiger partial charge is 0.378 e. The third kappa shape index (κ3) is 2.64. The summed E-state index contributed by atoms with van der Waals surface area (Å²) in [5.74, 6) is 0.962. The lowest BCUT2D eigenvalue weighted by molar-refractivity contribution is -0.0415. The fourth-order valence-electron chi connectivity index (χ4n) is 1.60. The summed E-state index contributed by atoms with van der Waals surface area (Å²) in [5, 5.41) is 0. The van der Waals surface area contributed by atoms with Crippen LogP contribution in [0.1, 0.15) is 19.8 Å². The van der Waals surface area contributed by atoms with Crippen molar-refractivity contribution in [1.29, 1.82) is 0 Å². The summed E-state index contributed by atoms with van der Waals surface area (Å²) in [4.78, 5) is 2.45. The number of rotatable bonds is 3. The van der Waals surface area contributed by atoms with E-state index in [1.54, 1.807) is 0 Å². The van der Waals surface area contributed by atoms with E-state index in [9.17, 15) is 0 Å². The summed E-state index contributed by atoms with van der Waals surface area (Å²) in [7, 11) is 1.81. The van der Waals surface area contributed by atoms with Crippen LogP contribution in [0.5, 0.6) is 0 Å². The number of nitrogens with zero attached hydrogens (tertiary/aromatic N) is 1. The topological polar surface area (TPSA) is 12.5 Å². The van der Waals surface area contributed by atoms with Crippen molar-refractivity contribution in [3.05, 3.63) is 0 Å². The molecule has 0 bridgehead atoms. The molecule has 1 heterocycles. The van der Waals surface area contributed by atoms with E-state index >= 15 is 0 Å². The Morgan fingerprint density at radius 1 is 1.42 bits per heavy atom. The van der Waals surface area contributed by atoms with E-state index in [0.717, 1.165) is 38.2 Å². The first kappa shape index (κ1) is 10.4. The van der Waals surface area contributed by atoms with Crippen molar-refractivity contribution < 1.29 is 4.74 Å². The quantitative estimate of drug-likeness (QED) is 0.674. The maximum Gasteiger partial charge on any atom is 0.0675 e. The Labute approximate surface area is 80.7 Å². The molecular weight excluding hydrogens is 170 g/mol. The Balaban J connectivity index is 2.29. The summed E-state index contributed by atoms with van der Waals surface area (Å²) in [6, 6.07) is 0. The van der Waals surface area contributed by atoms with E-state index < -0.39 is 0 Å². The first-order valence-corrected chi connectivity index (χ1v) is 5.22. The Morgan fingerprint density at radius 3 is 2.42 bits per heavy atom. The average molecular weight is 189 g/mol. The summed E-state index contributed by atoms with van der Waals surface area (Å²) in [5.41, 5.74) is 0.132. The van der Waals surface area contributed by atoms with Gasteiger partial charge in [-0.25, -0.2) is 0 Å². The zero-order chi connectivity index (χ0) is 9.03. The molecule has 12 heavy (non-hydrogen) atoms. The van der Waals surface area contributed by atoms with E-state index in [1.165, 1.54) is 0 Å². The molecule has 1 rings (SSSR count). The highest BCUT2D eigenvalue weighted by Gasteiger charge is 2.28. The standard InChI is InChI=1S/C9H19NOS/c1-9(11-2)3-5-10(6-4-9)7-8-12/h12H,3-8H2,1-2H3. The van der Waals surface area contributed by atoms with Crippen molar-refractivity contribution in [2.75, 3.05) is 32.5 Å². The van der Waals surface area contributed by atoms with Gasteiger partial charge < -0.3 is 9.64 Å². The van der Waals surface area contributed by atoms with Crippen molar-refractivity contribution in [2.24, 2.45) is 0 Å². The van der Waals surface area contributed by atoms with Gasteiger partial charge in [0.2, 0.25) is 0 Å². The zero-order valence-corrected chi connectivity index (χ0v) is 8.94. The molecule has 2 nitrogen and oxygen atoms in total. The van der Waals surface area contributed by atoms with Crippen LogP contribution >= 0.6 is 12.6 Å². The van der Waals surface area contributed by atoms with Crippen molar-refractivity contribution in [2.45, 2.75) is 25.4 Å². The van der Waals surface area contributed by atoms with Gasteiger partial charge >= 0.3 is 0 Å². The predicted octanol–water partition coefficient (Wildman–Crippen LogP) is 1.42. The van der Waals surface area contributed by atoms with Gasteiger partial charge in [-0.1, -0.05) is 0 Å². The van der Waals surface area contributed by atoms with Crippen molar-refractivity contribution in [3.8, 4) is 0 Å². The highest BCUT2D eigenvalue weighted by molar-refractivity contribution is 7.80. The van der Waals surface area contributed by atoms with Crippen LogP contribution in [0.15, 0.2) is 0 Å². The minimum Gasteiger partial charge on any atom is -0.378 e. The molecule has 0 aromatic rings. The molecule has 0 saturated carbocycles. The Hall–Kier alpha value is 0.270.